The van der Waals surface area contributed by atoms with E-state index in [1.165, 1.54) is 141 Å². The second-order valence-electron chi connectivity index (χ2n) is 17.4. The van der Waals surface area contributed by atoms with E-state index in [1.54, 1.807) is 0 Å². The summed E-state index contributed by atoms with van der Waals surface area (Å²) in [6.07, 6.45) is 59.7. The summed E-state index contributed by atoms with van der Waals surface area (Å²) in [5, 5.41) is 0. The highest BCUT2D eigenvalue weighted by atomic mass is 16.6. The molecule has 6 heteroatoms. The maximum absolute atomic E-state index is 12.8. The largest absolute Gasteiger partial charge is 0.462 e. The first-order chi connectivity index (χ1) is 30.0. The van der Waals surface area contributed by atoms with E-state index in [0.29, 0.717) is 19.3 Å². The molecule has 6 nitrogen and oxygen atoms in total. The van der Waals surface area contributed by atoms with Crippen LogP contribution in [0.3, 0.4) is 0 Å². The van der Waals surface area contributed by atoms with E-state index in [-0.39, 0.29) is 31.1 Å². The van der Waals surface area contributed by atoms with Crippen LogP contribution >= 0.6 is 0 Å². The topological polar surface area (TPSA) is 78.9 Å². The van der Waals surface area contributed by atoms with Crippen LogP contribution in [0.2, 0.25) is 0 Å². The van der Waals surface area contributed by atoms with Crippen LogP contribution in [0.15, 0.2) is 48.6 Å². The monoisotopic (exact) mass is 855 g/mol. The molecule has 61 heavy (non-hydrogen) atoms. The van der Waals surface area contributed by atoms with Gasteiger partial charge in [-0.15, -0.1) is 0 Å². The van der Waals surface area contributed by atoms with Gasteiger partial charge in [0.25, 0.3) is 0 Å². The third kappa shape index (κ3) is 48.3. The summed E-state index contributed by atoms with van der Waals surface area (Å²) in [6, 6.07) is 0. The summed E-state index contributed by atoms with van der Waals surface area (Å²) in [7, 11) is 0. The van der Waals surface area contributed by atoms with E-state index in [1.807, 2.05) is 0 Å². The van der Waals surface area contributed by atoms with Crippen LogP contribution in [0.1, 0.15) is 265 Å². The summed E-state index contributed by atoms with van der Waals surface area (Å²) >= 11 is 0. The average Bonchev–Trinajstić information content (AvgIpc) is 3.26. The van der Waals surface area contributed by atoms with Crippen LogP contribution in [-0.2, 0) is 28.6 Å². The summed E-state index contributed by atoms with van der Waals surface area (Å²) < 4.78 is 16.7. The van der Waals surface area contributed by atoms with Crippen LogP contribution in [0.4, 0.5) is 0 Å². The maximum atomic E-state index is 12.8. The molecule has 1 unspecified atom stereocenters. The first kappa shape index (κ1) is 58.4. The van der Waals surface area contributed by atoms with E-state index in [2.05, 4.69) is 69.4 Å². The smallest absolute Gasteiger partial charge is 0.306 e. The zero-order chi connectivity index (χ0) is 44.4. The molecule has 1 atom stereocenters. The molecule has 0 aliphatic rings. The second-order valence-corrected chi connectivity index (χ2v) is 17.4. The van der Waals surface area contributed by atoms with E-state index < -0.39 is 6.10 Å². The van der Waals surface area contributed by atoms with Gasteiger partial charge >= 0.3 is 17.9 Å². The van der Waals surface area contributed by atoms with Crippen LogP contribution in [0, 0.1) is 0 Å². The van der Waals surface area contributed by atoms with Gasteiger partial charge in [0, 0.05) is 19.3 Å². The van der Waals surface area contributed by atoms with Crippen LogP contribution in [0.25, 0.3) is 0 Å². The number of carbonyl (C=O) groups excluding carboxylic acids is 3. The molecule has 0 saturated carbocycles. The molecule has 0 bridgehead atoms. The molecular formula is C55H98O6. The number of hydrogen-bond donors (Lipinski definition) is 0. The first-order valence-electron chi connectivity index (χ1n) is 26.1. The molecule has 354 valence electrons. The molecule has 0 aliphatic carbocycles. The van der Waals surface area contributed by atoms with Crippen LogP contribution in [0.5, 0.6) is 0 Å². The predicted octanol–water partition coefficient (Wildman–Crippen LogP) is 17.1. The SMILES string of the molecule is CC/C=C\C/C=C\C/C=C\CCCCCCCCCC(=O)OC(COC(=O)CCCCCCCCC)COC(=O)CCCCCCCCCCC/C=C\CCCCCCCC. The molecule has 0 aliphatic heterocycles. The number of unbranched alkanes of at least 4 members (excludes halogenated alkanes) is 28. The molecule has 0 aromatic heterocycles. The van der Waals surface area contributed by atoms with Crippen molar-refractivity contribution >= 4 is 17.9 Å². The Hall–Kier alpha value is -2.63. The third-order valence-corrected chi connectivity index (χ3v) is 11.3. The van der Waals surface area contributed by atoms with Crippen molar-refractivity contribution in [3.63, 3.8) is 0 Å². The molecule has 0 saturated heterocycles. The third-order valence-electron chi connectivity index (χ3n) is 11.3. The molecule has 0 radical (unpaired) electrons. The zero-order valence-corrected chi connectivity index (χ0v) is 40.4. The van der Waals surface area contributed by atoms with E-state index >= 15 is 0 Å². The van der Waals surface area contributed by atoms with Gasteiger partial charge in [-0.25, -0.2) is 0 Å². The molecule has 0 heterocycles. The minimum atomic E-state index is -0.774. The summed E-state index contributed by atoms with van der Waals surface area (Å²) in [5.41, 5.74) is 0. The summed E-state index contributed by atoms with van der Waals surface area (Å²) in [5.74, 6) is -0.888. The van der Waals surface area contributed by atoms with Crippen molar-refractivity contribution in [1.82, 2.24) is 0 Å². The Morgan fingerprint density at radius 1 is 0.344 bits per heavy atom. The van der Waals surface area contributed by atoms with Gasteiger partial charge in [0.2, 0.25) is 0 Å². The lowest BCUT2D eigenvalue weighted by Crippen LogP contribution is -2.30. The van der Waals surface area contributed by atoms with Gasteiger partial charge in [0.1, 0.15) is 13.2 Å². The Morgan fingerprint density at radius 3 is 1.02 bits per heavy atom. The molecular weight excluding hydrogens is 757 g/mol. The van der Waals surface area contributed by atoms with Crippen molar-refractivity contribution in [2.24, 2.45) is 0 Å². The Kier molecular flexibility index (Phi) is 47.9. The van der Waals surface area contributed by atoms with Crippen molar-refractivity contribution in [2.75, 3.05) is 13.2 Å². The minimum absolute atomic E-state index is 0.0765. The van der Waals surface area contributed by atoms with Crippen molar-refractivity contribution in [2.45, 2.75) is 271 Å². The van der Waals surface area contributed by atoms with Crippen LogP contribution < -0.4 is 0 Å². The highest BCUT2D eigenvalue weighted by Gasteiger charge is 2.19. The predicted molar refractivity (Wildman–Crippen MR) is 261 cm³/mol. The number of carbonyl (C=O) groups is 3. The van der Waals surface area contributed by atoms with Crippen molar-refractivity contribution < 1.29 is 28.6 Å². The number of esters is 3. The Labute approximate surface area is 378 Å². The molecule has 0 N–H and O–H groups in total. The summed E-state index contributed by atoms with van der Waals surface area (Å²) in [4.78, 5) is 37.8. The Bertz CT molecular complexity index is 1070. The molecule has 0 amide bonds. The molecule has 0 fully saturated rings. The van der Waals surface area contributed by atoms with Gasteiger partial charge < -0.3 is 14.2 Å². The average molecular weight is 855 g/mol. The van der Waals surface area contributed by atoms with Gasteiger partial charge in [0.05, 0.1) is 0 Å². The molecule has 0 rings (SSSR count). The quantitative estimate of drug-likeness (QED) is 0.0263. The van der Waals surface area contributed by atoms with E-state index in [4.69, 9.17) is 14.2 Å². The van der Waals surface area contributed by atoms with Gasteiger partial charge in [-0.3, -0.25) is 14.4 Å². The zero-order valence-electron chi connectivity index (χ0n) is 40.4. The van der Waals surface area contributed by atoms with Gasteiger partial charge in [-0.2, -0.15) is 0 Å². The van der Waals surface area contributed by atoms with Crippen LogP contribution in [-0.4, -0.2) is 37.2 Å². The fourth-order valence-corrected chi connectivity index (χ4v) is 7.39. The van der Waals surface area contributed by atoms with Gasteiger partial charge in [-0.05, 0) is 77.0 Å². The number of hydrogen-bond acceptors (Lipinski definition) is 6. The van der Waals surface area contributed by atoms with E-state index in [9.17, 15) is 14.4 Å². The lowest BCUT2D eigenvalue weighted by molar-refractivity contribution is -0.167. The highest BCUT2D eigenvalue weighted by molar-refractivity contribution is 5.71. The molecule has 0 aromatic carbocycles. The standard InChI is InChI=1S/C55H98O6/c1-4-7-10-13-16-18-20-22-24-26-27-29-30-32-34-36-39-42-45-48-54(57)60-51-52(50-59-53(56)47-44-41-38-15-12-9-6-3)61-55(58)49-46-43-40-37-35-33-31-28-25-23-21-19-17-14-11-8-5-2/h8,11,17,19,22-25,52H,4-7,9-10,12-16,18,20-21,26-51H2,1-3H3/b11-8-,19-17-,24-22-,25-23-. The van der Waals surface area contributed by atoms with Crippen molar-refractivity contribution in [3.05, 3.63) is 48.6 Å². The normalized spacial score (nSPS) is 12.4. The van der Waals surface area contributed by atoms with Crippen molar-refractivity contribution in [1.29, 1.82) is 0 Å². The lowest BCUT2D eigenvalue weighted by Gasteiger charge is -2.18. The van der Waals surface area contributed by atoms with E-state index in [0.717, 1.165) is 83.5 Å². The van der Waals surface area contributed by atoms with Gasteiger partial charge in [-0.1, -0.05) is 217 Å². The second kappa shape index (κ2) is 50.0. The first-order valence-corrected chi connectivity index (χ1v) is 26.1. The highest BCUT2D eigenvalue weighted by Crippen LogP contribution is 2.15. The maximum Gasteiger partial charge on any atom is 0.306 e. The number of ether oxygens (including phenoxy) is 3. The molecule has 0 aromatic rings. The fourth-order valence-electron chi connectivity index (χ4n) is 7.39. The van der Waals surface area contributed by atoms with Gasteiger partial charge in [0.15, 0.2) is 6.10 Å². The fraction of sp³-hybridized carbons (Fsp3) is 0.800. The summed E-state index contributed by atoms with van der Waals surface area (Å²) in [6.45, 7) is 6.49. The van der Waals surface area contributed by atoms with Crippen molar-refractivity contribution in [3.8, 4) is 0 Å². The Balaban J connectivity index is 4.24. The number of allylic oxidation sites excluding steroid dienone is 8. The number of rotatable bonds is 47. The molecule has 0 spiro atoms. The Morgan fingerprint density at radius 2 is 0.639 bits per heavy atom. The lowest BCUT2D eigenvalue weighted by atomic mass is 10.1. The minimum Gasteiger partial charge on any atom is -0.462 e.